The second kappa shape index (κ2) is 7.19. The summed E-state index contributed by atoms with van der Waals surface area (Å²) in [6.45, 7) is 2.51. The highest BCUT2D eigenvalue weighted by atomic mass is 32.1. The van der Waals surface area contributed by atoms with Crippen LogP contribution in [0.4, 0.5) is 0 Å². The highest BCUT2D eigenvalue weighted by Crippen LogP contribution is 2.11. The molecule has 5 nitrogen and oxygen atoms in total. The zero-order valence-corrected chi connectivity index (χ0v) is 13.7. The van der Waals surface area contributed by atoms with E-state index in [2.05, 4.69) is 15.4 Å². The van der Waals surface area contributed by atoms with E-state index < -0.39 is 0 Å². The van der Waals surface area contributed by atoms with Crippen LogP contribution in [0.3, 0.4) is 0 Å². The van der Waals surface area contributed by atoms with Crippen LogP contribution in [0.2, 0.25) is 0 Å². The number of rotatable bonds is 6. The van der Waals surface area contributed by atoms with Gasteiger partial charge in [-0.25, -0.2) is 9.67 Å². The van der Waals surface area contributed by atoms with E-state index in [1.165, 1.54) is 0 Å². The van der Waals surface area contributed by atoms with Crippen LogP contribution in [0.25, 0.3) is 5.69 Å². The molecule has 0 radical (unpaired) electrons. The molecular weight excluding hydrogens is 308 g/mol. The minimum Gasteiger partial charge on any atom is -0.351 e. The van der Waals surface area contributed by atoms with E-state index in [0.29, 0.717) is 19.4 Å². The van der Waals surface area contributed by atoms with E-state index in [-0.39, 0.29) is 5.91 Å². The number of aryl methyl sites for hydroxylation is 2. The molecule has 0 spiro atoms. The molecule has 0 aliphatic heterocycles. The first-order valence-corrected chi connectivity index (χ1v) is 8.29. The third kappa shape index (κ3) is 4.26. The number of thiazole rings is 1. The lowest BCUT2D eigenvalue weighted by atomic mass is 10.2. The molecule has 0 saturated carbocycles. The zero-order valence-electron chi connectivity index (χ0n) is 12.9. The average molecular weight is 326 g/mol. The highest BCUT2D eigenvalue weighted by Gasteiger charge is 2.06. The Morgan fingerprint density at radius 1 is 1.26 bits per heavy atom. The normalized spacial score (nSPS) is 10.7. The minimum atomic E-state index is 0.0449. The summed E-state index contributed by atoms with van der Waals surface area (Å²) >= 11 is 1.61. The number of benzene rings is 1. The Balaban J connectivity index is 1.48. The van der Waals surface area contributed by atoms with Crippen molar-refractivity contribution in [1.82, 2.24) is 20.1 Å². The highest BCUT2D eigenvalue weighted by molar-refractivity contribution is 7.11. The summed E-state index contributed by atoms with van der Waals surface area (Å²) in [7, 11) is 0. The fraction of sp³-hybridized carbons (Fsp3) is 0.235. The smallest absolute Gasteiger partial charge is 0.220 e. The number of amides is 1. The molecule has 2 aromatic heterocycles. The Kier molecular flexibility index (Phi) is 4.83. The van der Waals surface area contributed by atoms with Gasteiger partial charge in [-0.3, -0.25) is 4.79 Å². The average Bonchev–Trinajstić information content (AvgIpc) is 3.21. The molecule has 6 heteroatoms. The molecule has 118 valence electrons. The van der Waals surface area contributed by atoms with Crippen molar-refractivity contribution in [2.24, 2.45) is 0 Å². The van der Waals surface area contributed by atoms with Gasteiger partial charge in [0, 0.05) is 23.7 Å². The summed E-state index contributed by atoms with van der Waals surface area (Å²) in [6, 6.07) is 9.93. The van der Waals surface area contributed by atoms with Crippen LogP contribution in [0.5, 0.6) is 0 Å². The standard InChI is InChI=1S/C17H18N4OS/c1-13-18-10-16(23-13)11-19-17(22)8-7-14-9-20-21(12-14)15-5-3-2-4-6-15/h2-6,9-10,12H,7-8,11H2,1H3,(H,19,22). The van der Waals surface area contributed by atoms with Crippen molar-refractivity contribution in [1.29, 1.82) is 0 Å². The van der Waals surface area contributed by atoms with E-state index in [1.807, 2.05) is 60.5 Å². The number of carbonyl (C=O) groups is 1. The zero-order chi connectivity index (χ0) is 16.1. The van der Waals surface area contributed by atoms with Gasteiger partial charge in [0.25, 0.3) is 0 Å². The summed E-state index contributed by atoms with van der Waals surface area (Å²) in [5.74, 6) is 0.0449. The first-order chi connectivity index (χ1) is 11.2. The molecule has 2 heterocycles. The second-order valence-corrected chi connectivity index (χ2v) is 6.57. The van der Waals surface area contributed by atoms with Crippen molar-refractivity contribution >= 4 is 17.2 Å². The molecule has 0 unspecified atom stereocenters. The number of nitrogens with one attached hydrogen (secondary N) is 1. The Morgan fingerprint density at radius 2 is 2.09 bits per heavy atom. The number of carbonyl (C=O) groups excluding carboxylic acids is 1. The van der Waals surface area contributed by atoms with Gasteiger partial charge in [-0.05, 0) is 31.0 Å². The van der Waals surface area contributed by atoms with Gasteiger partial charge < -0.3 is 5.32 Å². The summed E-state index contributed by atoms with van der Waals surface area (Å²) in [4.78, 5) is 17.2. The van der Waals surface area contributed by atoms with Gasteiger partial charge in [0.05, 0.1) is 23.4 Å². The third-order valence-corrected chi connectivity index (χ3v) is 4.34. The summed E-state index contributed by atoms with van der Waals surface area (Å²) in [5, 5.41) is 8.28. The third-order valence-electron chi connectivity index (χ3n) is 3.43. The fourth-order valence-corrected chi connectivity index (χ4v) is 2.96. The lowest BCUT2D eigenvalue weighted by molar-refractivity contribution is -0.121. The second-order valence-electron chi connectivity index (χ2n) is 5.25. The maximum absolute atomic E-state index is 11.9. The number of para-hydroxylation sites is 1. The maximum Gasteiger partial charge on any atom is 0.220 e. The van der Waals surface area contributed by atoms with Crippen molar-refractivity contribution in [2.75, 3.05) is 0 Å². The molecule has 1 N–H and O–H groups in total. The van der Waals surface area contributed by atoms with E-state index in [0.717, 1.165) is 21.1 Å². The number of hydrogen-bond acceptors (Lipinski definition) is 4. The summed E-state index contributed by atoms with van der Waals surface area (Å²) < 4.78 is 1.83. The Morgan fingerprint density at radius 3 is 2.83 bits per heavy atom. The Hall–Kier alpha value is -2.47. The predicted molar refractivity (Wildman–Crippen MR) is 90.6 cm³/mol. The van der Waals surface area contributed by atoms with E-state index in [1.54, 1.807) is 11.3 Å². The van der Waals surface area contributed by atoms with Crippen molar-refractivity contribution in [2.45, 2.75) is 26.3 Å². The minimum absolute atomic E-state index is 0.0449. The van der Waals surface area contributed by atoms with Crippen molar-refractivity contribution < 1.29 is 4.79 Å². The van der Waals surface area contributed by atoms with Crippen LogP contribution in [-0.4, -0.2) is 20.7 Å². The first-order valence-electron chi connectivity index (χ1n) is 7.48. The lowest BCUT2D eigenvalue weighted by Gasteiger charge is -2.02. The number of nitrogens with zero attached hydrogens (tertiary/aromatic N) is 3. The molecule has 3 aromatic rings. The molecule has 1 aromatic carbocycles. The van der Waals surface area contributed by atoms with Gasteiger partial charge in [-0.1, -0.05) is 18.2 Å². The van der Waals surface area contributed by atoms with Gasteiger partial charge in [-0.15, -0.1) is 11.3 Å². The van der Waals surface area contributed by atoms with Crippen LogP contribution in [0.15, 0.2) is 48.9 Å². The molecule has 0 bridgehead atoms. The van der Waals surface area contributed by atoms with Gasteiger partial charge >= 0.3 is 0 Å². The lowest BCUT2D eigenvalue weighted by Crippen LogP contribution is -2.22. The molecule has 0 aliphatic rings. The van der Waals surface area contributed by atoms with Crippen molar-refractivity contribution in [3.63, 3.8) is 0 Å². The molecule has 0 fully saturated rings. The van der Waals surface area contributed by atoms with Gasteiger partial charge in [-0.2, -0.15) is 5.10 Å². The van der Waals surface area contributed by atoms with Gasteiger partial charge in [0.2, 0.25) is 5.91 Å². The molecule has 1 amide bonds. The fourth-order valence-electron chi connectivity index (χ4n) is 2.23. The van der Waals surface area contributed by atoms with Gasteiger partial charge in [0.15, 0.2) is 0 Å². The van der Waals surface area contributed by atoms with Crippen LogP contribution in [0, 0.1) is 6.92 Å². The summed E-state index contributed by atoms with van der Waals surface area (Å²) in [5.41, 5.74) is 2.07. The van der Waals surface area contributed by atoms with Gasteiger partial charge in [0.1, 0.15) is 0 Å². The van der Waals surface area contributed by atoms with E-state index >= 15 is 0 Å². The van der Waals surface area contributed by atoms with Crippen molar-refractivity contribution in [3.05, 3.63) is 64.4 Å². The van der Waals surface area contributed by atoms with Crippen LogP contribution in [-0.2, 0) is 17.8 Å². The largest absolute Gasteiger partial charge is 0.351 e. The predicted octanol–water partition coefficient (Wildman–Crippen LogP) is 2.89. The molecule has 23 heavy (non-hydrogen) atoms. The Labute approximate surface area is 139 Å². The maximum atomic E-state index is 11.9. The molecule has 0 saturated heterocycles. The van der Waals surface area contributed by atoms with Crippen LogP contribution >= 0.6 is 11.3 Å². The van der Waals surface area contributed by atoms with E-state index in [9.17, 15) is 4.79 Å². The monoisotopic (exact) mass is 326 g/mol. The number of aromatic nitrogens is 3. The molecule has 0 aliphatic carbocycles. The quantitative estimate of drug-likeness (QED) is 0.758. The first kappa shape index (κ1) is 15.4. The summed E-state index contributed by atoms with van der Waals surface area (Å²) in [6.07, 6.45) is 6.73. The Bertz CT molecular complexity index is 779. The van der Waals surface area contributed by atoms with Crippen LogP contribution < -0.4 is 5.32 Å². The molecular formula is C17H18N4OS. The van der Waals surface area contributed by atoms with E-state index in [4.69, 9.17) is 0 Å². The molecule has 3 rings (SSSR count). The van der Waals surface area contributed by atoms with Crippen LogP contribution in [0.1, 0.15) is 21.9 Å². The molecule has 0 atom stereocenters. The number of hydrogen-bond donors (Lipinski definition) is 1. The van der Waals surface area contributed by atoms with Crippen molar-refractivity contribution in [3.8, 4) is 5.69 Å². The topological polar surface area (TPSA) is 59.8 Å². The SMILES string of the molecule is Cc1ncc(CNC(=O)CCc2cnn(-c3ccccc3)c2)s1.